The van der Waals surface area contributed by atoms with Crippen LogP contribution in [-0.4, -0.2) is 31.6 Å². The van der Waals surface area contributed by atoms with Crippen molar-refractivity contribution in [2.45, 2.75) is 44.2 Å². The fourth-order valence-corrected chi connectivity index (χ4v) is 5.73. The Labute approximate surface area is 200 Å². The first-order valence-electron chi connectivity index (χ1n) is 11.7. The number of carbonyl (C=O) groups is 1. The number of benzene rings is 2. The summed E-state index contributed by atoms with van der Waals surface area (Å²) in [6.07, 6.45) is 2.03. The quantitative estimate of drug-likeness (QED) is 0.364. The number of aromatic nitrogens is 3. The van der Waals surface area contributed by atoms with Crippen LogP contribution in [0.3, 0.4) is 0 Å². The molecule has 0 aliphatic carbocycles. The molecule has 0 N–H and O–H groups in total. The molecule has 1 fully saturated rings. The maximum absolute atomic E-state index is 13.9. The summed E-state index contributed by atoms with van der Waals surface area (Å²) in [5, 5.41) is 5.66. The molecule has 2 atom stereocenters. The van der Waals surface area contributed by atoms with E-state index in [1.807, 2.05) is 35.2 Å². The second-order valence-electron chi connectivity index (χ2n) is 9.30. The molecule has 2 aromatic heterocycles. The van der Waals surface area contributed by atoms with E-state index in [0.29, 0.717) is 23.2 Å². The van der Waals surface area contributed by atoms with E-state index in [0.717, 1.165) is 47.5 Å². The van der Waals surface area contributed by atoms with Gasteiger partial charge in [0, 0.05) is 41.4 Å². The van der Waals surface area contributed by atoms with Crippen LogP contribution in [0.2, 0.25) is 0 Å². The van der Waals surface area contributed by atoms with E-state index in [2.05, 4.69) is 4.98 Å². The Morgan fingerprint density at radius 1 is 1.11 bits per heavy atom. The first-order valence-corrected chi connectivity index (χ1v) is 11.7. The van der Waals surface area contributed by atoms with Gasteiger partial charge >= 0.3 is 0 Å². The van der Waals surface area contributed by atoms with Gasteiger partial charge in [-0.15, -0.1) is 0 Å². The molecular weight excluding hydrogens is 453 g/mol. The highest BCUT2D eigenvalue weighted by atomic mass is 19.3. The lowest BCUT2D eigenvalue weighted by atomic mass is 9.81. The van der Waals surface area contributed by atoms with Crippen molar-refractivity contribution in [1.29, 1.82) is 0 Å². The van der Waals surface area contributed by atoms with Crippen molar-refractivity contribution in [3.8, 4) is 11.3 Å². The topological polar surface area (TPSA) is 51.0 Å². The van der Waals surface area contributed by atoms with Gasteiger partial charge in [0.1, 0.15) is 5.82 Å². The Kier molecular flexibility index (Phi) is 5.12. The van der Waals surface area contributed by atoms with E-state index in [9.17, 15) is 18.0 Å². The monoisotopic (exact) mass is 476 g/mol. The standard InChI is InChI=1S/C27H23F3N4O/c1-33-25(16-7-9-21(28)19(13-16)26(29)30)20-14-18-5-2-6-23(24(20)32-33)34(18)27(35)17-8-10-22-15(12-17)4-3-11-31-22/h3-4,7-13,18,23,26H,2,5-6,14H2,1H3. The van der Waals surface area contributed by atoms with Gasteiger partial charge in [-0.05, 0) is 68.1 Å². The smallest absolute Gasteiger partial charge is 0.266 e. The molecule has 35 heavy (non-hydrogen) atoms. The van der Waals surface area contributed by atoms with E-state index in [-0.39, 0.29) is 18.0 Å². The van der Waals surface area contributed by atoms with E-state index < -0.39 is 17.8 Å². The zero-order valence-corrected chi connectivity index (χ0v) is 19.1. The fourth-order valence-electron chi connectivity index (χ4n) is 5.73. The summed E-state index contributed by atoms with van der Waals surface area (Å²) >= 11 is 0. The van der Waals surface area contributed by atoms with Gasteiger partial charge in [0.05, 0.1) is 28.5 Å². The van der Waals surface area contributed by atoms with Gasteiger partial charge in [-0.25, -0.2) is 13.2 Å². The normalized spacial score (nSPS) is 19.3. The minimum Gasteiger partial charge on any atom is -0.327 e. The highest BCUT2D eigenvalue weighted by Crippen LogP contribution is 2.45. The highest BCUT2D eigenvalue weighted by molar-refractivity contribution is 5.98. The van der Waals surface area contributed by atoms with Crippen LogP contribution in [0, 0.1) is 5.82 Å². The maximum atomic E-state index is 13.9. The molecule has 2 aliphatic heterocycles. The number of rotatable bonds is 3. The van der Waals surface area contributed by atoms with Crippen LogP contribution in [0.25, 0.3) is 22.2 Å². The van der Waals surface area contributed by atoms with Gasteiger partial charge in [0.2, 0.25) is 0 Å². The number of halogens is 3. The Morgan fingerprint density at radius 2 is 1.97 bits per heavy atom. The summed E-state index contributed by atoms with van der Waals surface area (Å²) in [6, 6.07) is 13.0. The molecule has 4 aromatic rings. The van der Waals surface area contributed by atoms with Crippen molar-refractivity contribution < 1.29 is 18.0 Å². The molecule has 8 heteroatoms. The summed E-state index contributed by atoms with van der Waals surface area (Å²) in [5.74, 6) is -0.955. The molecule has 0 spiro atoms. The summed E-state index contributed by atoms with van der Waals surface area (Å²) < 4.78 is 42.3. The summed E-state index contributed by atoms with van der Waals surface area (Å²) in [5.41, 5.74) is 3.82. The molecule has 0 radical (unpaired) electrons. The number of piperidine rings is 1. The molecule has 5 nitrogen and oxygen atoms in total. The number of alkyl halides is 2. The number of hydrogen-bond acceptors (Lipinski definition) is 3. The van der Waals surface area contributed by atoms with E-state index >= 15 is 0 Å². The molecule has 4 heterocycles. The van der Waals surface area contributed by atoms with Crippen LogP contribution in [-0.2, 0) is 13.5 Å². The number of carbonyl (C=O) groups excluding carboxylic acids is 1. The summed E-state index contributed by atoms with van der Waals surface area (Å²) in [7, 11) is 1.77. The van der Waals surface area contributed by atoms with Gasteiger partial charge < -0.3 is 4.90 Å². The summed E-state index contributed by atoms with van der Waals surface area (Å²) in [4.78, 5) is 20.0. The third kappa shape index (κ3) is 3.50. The Morgan fingerprint density at radius 3 is 2.80 bits per heavy atom. The molecule has 2 aromatic carbocycles. The second kappa shape index (κ2) is 8.22. The maximum Gasteiger partial charge on any atom is 0.266 e. The van der Waals surface area contributed by atoms with Crippen molar-refractivity contribution >= 4 is 16.8 Å². The molecule has 0 saturated carbocycles. The lowest BCUT2D eigenvalue weighted by Crippen LogP contribution is -2.49. The van der Waals surface area contributed by atoms with Crippen LogP contribution >= 0.6 is 0 Å². The van der Waals surface area contributed by atoms with E-state index in [4.69, 9.17) is 5.10 Å². The molecule has 6 rings (SSSR count). The number of pyridine rings is 1. The number of aryl methyl sites for hydroxylation is 1. The zero-order valence-electron chi connectivity index (χ0n) is 19.1. The summed E-state index contributed by atoms with van der Waals surface area (Å²) in [6.45, 7) is 0. The van der Waals surface area contributed by atoms with Crippen LogP contribution in [0.5, 0.6) is 0 Å². The van der Waals surface area contributed by atoms with Crippen LogP contribution in [0.4, 0.5) is 13.2 Å². The molecule has 1 amide bonds. The predicted octanol–water partition coefficient (Wildman–Crippen LogP) is 6.00. The fraction of sp³-hybridized carbons (Fsp3) is 0.296. The van der Waals surface area contributed by atoms with Crippen molar-refractivity contribution in [2.75, 3.05) is 0 Å². The molecule has 2 unspecified atom stereocenters. The zero-order chi connectivity index (χ0) is 24.3. The Hall–Kier alpha value is -3.68. The highest BCUT2D eigenvalue weighted by Gasteiger charge is 2.43. The average molecular weight is 477 g/mol. The van der Waals surface area contributed by atoms with E-state index in [1.54, 1.807) is 17.9 Å². The average Bonchev–Trinajstić information content (AvgIpc) is 3.18. The number of hydrogen-bond donors (Lipinski definition) is 0. The third-order valence-electron chi connectivity index (χ3n) is 7.26. The number of amides is 1. The number of fused-ring (bicyclic) bond motifs is 5. The molecular formula is C27H23F3N4O. The van der Waals surface area contributed by atoms with Crippen molar-refractivity contribution in [2.24, 2.45) is 7.05 Å². The van der Waals surface area contributed by atoms with Gasteiger partial charge in [-0.3, -0.25) is 14.5 Å². The van der Waals surface area contributed by atoms with Gasteiger partial charge in [0.25, 0.3) is 12.3 Å². The first kappa shape index (κ1) is 21.8. The SMILES string of the molecule is Cn1nc2c(c1-c1ccc(F)c(C(F)F)c1)CC1CCCC2N1C(=O)c1ccc2ncccc2c1. The van der Waals surface area contributed by atoms with Crippen molar-refractivity contribution in [3.05, 3.63) is 82.9 Å². The molecule has 2 aliphatic rings. The molecule has 2 bridgehead atoms. The van der Waals surface area contributed by atoms with Crippen molar-refractivity contribution in [1.82, 2.24) is 19.7 Å². The first-order chi connectivity index (χ1) is 16.9. The lowest BCUT2D eigenvalue weighted by Gasteiger charge is -2.45. The van der Waals surface area contributed by atoms with Gasteiger partial charge in [0.15, 0.2) is 0 Å². The molecule has 1 saturated heterocycles. The van der Waals surface area contributed by atoms with Gasteiger partial charge in [-0.1, -0.05) is 6.07 Å². The predicted molar refractivity (Wildman–Crippen MR) is 126 cm³/mol. The van der Waals surface area contributed by atoms with Gasteiger partial charge in [-0.2, -0.15) is 5.10 Å². The minimum absolute atomic E-state index is 0.0173. The van der Waals surface area contributed by atoms with Crippen LogP contribution in [0.1, 0.15) is 58.9 Å². The van der Waals surface area contributed by atoms with Crippen LogP contribution < -0.4 is 0 Å². The Bertz CT molecular complexity index is 1460. The van der Waals surface area contributed by atoms with Crippen LogP contribution in [0.15, 0.2) is 54.7 Å². The van der Waals surface area contributed by atoms with E-state index in [1.165, 1.54) is 12.1 Å². The largest absolute Gasteiger partial charge is 0.327 e. The third-order valence-corrected chi connectivity index (χ3v) is 7.26. The Balaban J connectivity index is 1.41. The number of nitrogens with zero attached hydrogens (tertiary/aromatic N) is 4. The molecule has 178 valence electrons. The minimum atomic E-state index is -2.90. The van der Waals surface area contributed by atoms with Crippen molar-refractivity contribution in [3.63, 3.8) is 0 Å². The second-order valence-corrected chi connectivity index (χ2v) is 9.30. The lowest BCUT2D eigenvalue weighted by molar-refractivity contribution is 0.0392.